The Kier molecular flexibility index (Phi) is 4.56. The summed E-state index contributed by atoms with van der Waals surface area (Å²) in [4.78, 5) is 17.0. The fraction of sp³-hybridized carbons (Fsp3) is 0.474. The van der Waals surface area contributed by atoms with Gasteiger partial charge >= 0.3 is 0 Å². The molecule has 1 aromatic heterocycles. The molecule has 2 aliphatic rings. The lowest BCUT2D eigenvalue weighted by atomic mass is 10.0. The zero-order valence-electron chi connectivity index (χ0n) is 14.6. The quantitative estimate of drug-likeness (QED) is 0.893. The number of hydrogen-bond acceptors (Lipinski definition) is 4. The van der Waals surface area contributed by atoms with Crippen LogP contribution in [0.2, 0.25) is 0 Å². The third-order valence-electron chi connectivity index (χ3n) is 5.15. The van der Waals surface area contributed by atoms with Crippen molar-refractivity contribution in [2.24, 2.45) is 5.92 Å². The molecule has 6 nitrogen and oxygen atoms in total. The normalized spacial score (nSPS) is 21.3. The number of sulfone groups is 1. The van der Waals surface area contributed by atoms with Gasteiger partial charge < -0.3 is 9.88 Å². The molecule has 1 fully saturated rings. The monoisotopic (exact) mass is 373 g/mol. The molecule has 0 unspecified atom stereocenters. The van der Waals surface area contributed by atoms with Crippen molar-refractivity contribution in [3.63, 3.8) is 0 Å². The molecule has 0 bridgehead atoms. The summed E-state index contributed by atoms with van der Waals surface area (Å²) in [5.74, 6) is 1.26. The highest BCUT2D eigenvalue weighted by Crippen LogP contribution is 2.26. The molecule has 0 aliphatic carbocycles. The molecule has 0 saturated carbocycles. The van der Waals surface area contributed by atoms with Crippen LogP contribution in [0.1, 0.15) is 31.5 Å². The molecule has 1 saturated heterocycles. The number of aromatic nitrogens is 2. The van der Waals surface area contributed by atoms with E-state index in [0.29, 0.717) is 6.42 Å². The number of benzene rings is 1. The Morgan fingerprint density at radius 1 is 1.31 bits per heavy atom. The molecule has 26 heavy (non-hydrogen) atoms. The van der Waals surface area contributed by atoms with E-state index in [4.69, 9.17) is 4.98 Å². The highest BCUT2D eigenvalue weighted by Gasteiger charge is 2.29. The first-order valence-corrected chi connectivity index (χ1v) is 11.0. The van der Waals surface area contributed by atoms with Gasteiger partial charge in [-0.2, -0.15) is 0 Å². The van der Waals surface area contributed by atoms with Crippen molar-refractivity contribution < 1.29 is 13.2 Å². The number of anilines is 1. The van der Waals surface area contributed by atoms with Gasteiger partial charge in [0.05, 0.1) is 17.2 Å². The molecule has 0 radical (unpaired) electrons. The van der Waals surface area contributed by atoms with Crippen molar-refractivity contribution in [3.05, 3.63) is 36.3 Å². The number of nitrogens with zero attached hydrogens (tertiary/aromatic N) is 2. The molecule has 2 aliphatic heterocycles. The van der Waals surface area contributed by atoms with Crippen LogP contribution >= 0.6 is 0 Å². The van der Waals surface area contributed by atoms with Crippen LogP contribution in [0.5, 0.6) is 0 Å². The van der Waals surface area contributed by atoms with Crippen LogP contribution in [0.3, 0.4) is 0 Å². The van der Waals surface area contributed by atoms with Crippen LogP contribution in [-0.2, 0) is 27.6 Å². The van der Waals surface area contributed by atoms with Crippen molar-refractivity contribution in [1.29, 1.82) is 0 Å². The van der Waals surface area contributed by atoms with Gasteiger partial charge in [-0.25, -0.2) is 13.4 Å². The second-order valence-corrected chi connectivity index (χ2v) is 9.52. The van der Waals surface area contributed by atoms with E-state index in [0.717, 1.165) is 35.7 Å². The summed E-state index contributed by atoms with van der Waals surface area (Å²) < 4.78 is 25.3. The van der Waals surface area contributed by atoms with E-state index in [9.17, 15) is 13.2 Å². The van der Waals surface area contributed by atoms with Crippen molar-refractivity contribution in [2.75, 3.05) is 16.8 Å². The molecule has 3 heterocycles. The number of amides is 1. The number of imidazole rings is 1. The number of fused-ring (bicyclic) bond motifs is 1. The first kappa shape index (κ1) is 17.3. The molecular weight excluding hydrogens is 350 g/mol. The maximum absolute atomic E-state index is 12.3. The Bertz CT molecular complexity index is 910. The summed E-state index contributed by atoms with van der Waals surface area (Å²) in [6, 6.07) is 7.68. The molecule has 0 spiro atoms. The SMILES string of the molecule is O=C(C[C@H]1CCS(=O)(=O)C1)Nc1cccc(-c2cn3c(n2)CCCC3)c1. The largest absolute Gasteiger partial charge is 0.334 e. The standard InChI is InChI=1S/C19H23N3O3S/c23-19(10-14-7-9-26(24,25)13-14)20-16-5-3-4-15(11-16)17-12-22-8-2-1-6-18(22)21-17/h3-5,11-12,14H,1-2,6-10,13H2,(H,20,23)/t14-/m1/s1. The lowest BCUT2D eigenvalue weighted by molar-refractivity contribution is -0.116. The third kappa shape index (κ3) is 3.82. The summed E-state index contributed by atoms with van der Waals surface area (Å²) in [6.07, 6.45) is 6.30. The molecular formula is C19H23N3O3S. The van der Waals surface area contributed by atoms with E-state index >= 15 is 0 Å². The predicted molar refractivity (Wildman–Crippen MR) is 101 cm³/mol. The van der Waals surface area contributed by atoms with Gasteiger partial charge in [0.1, 0.15) is 5.82 Å². The van der Waals surface area contributed by atoms with Gasteiger partial charge in [0.25, 0.3) is 0 Å². The number of rotatable bonds is 4. The Morgan fingerprint density at radius 3 is 2.96 bits per heavy atom. The Hall–Kier alpha value is -2.15. The summed E-state index contributed by atoms with van der Waals surface area (Å²) >= 11 is 0. The van der Waals surface area contributed by atoms with Gasteiger partial charge in [-0.15, -0.1) is 0 Å². The maximum Gasteiger partial charge on any atom is 0.224 e. The van der Waals surface area contributed by atoms with E-state index in [-0.39, 0.29) is 29.8 Å². The van der Waals surface area contributed by atoms with Gasteiger partial charge in [-0.05, 0) is 37.3 Å². The molecule has 2 aromatic rings. The summed E-state index contributed by atoms with van der Waals surface area (Å²) in [7, 11) is -2.95. The van der Waals surface area contributed by atoms with Crippen molar-refractivity contribution in [1.82, 2.24) is 9.55 Å². The lowest BCUT2D eigenvalue weighted by Crippen LogP contribution is -2.17. The summed E-state index contributed by atoms with van der Waals surface area (Å²) in [5.41, 5.74) is 2.63. The maximum atomic E-state index is 12.3. The number of carbonyl (C=O) groups excluding carboxylic acids is 1. The molecule has 1 aromatic carbocycles. The smallest absolute Gasteiger partial charge is 0.224 e. The van der Waals surface area contributed by atoms with Gasteiger partial charge in [0, 0.05) is 36.8 Å². The average Bonchev–Trinajstić information content (AvgIpc) is 3.18. The number of hydrogen-bond donors (Lipinski definition) is 1. The van der Waals surface area contributed by atoms with E-state index in [1.807, 2.05) is 24.3 Å². The van der Waals surface area contributed by atoms with Crippen LogP contribution in [0, 0.1) is 5.92 Å². The summed E-state index contributed by atoms with van der Waals surface area (Å²) in [6.45, 7) is 1.02. The van der Waals surface area contributed by atoms with Gasteiger partial charge in [0.15, 0.2) is 9.84 Å². The van der Waals surface area contributed by atoms with Crippen LogP contribution in [-0.4, -0.2) is 35.4 Å². The number of nitrogens with one attached hydrogen (secondary N) is 1. The molecule has 7 heteroatoms. The van der Waals surface area contributed by atoms with Crippen LogP contribution < -0.4 is 5.32 Å². The second kappa shape index (κ2) is 6.87. The third-order valence-corrected chi connectivity index (χ3v) is 6.99. The fourth-order valence-electron chi connectivity index (χ4n) is 3.82. The van der Waals surface area contributed by atoms with E-state index in [1.54, 1.807) is 0 Å². The first-order chi connectivity index (χ1) is 12.5. The Morgan fingerprint density at radius 2 is 2.19 bits per heavy atom. The minimum Gasteiger partial charge on any atom is -0.334 e. The van der Waals surface area contributed by atoms with E-state index < -0.39 is 9.84 Å². The van der Waals surface area contributed by atoms with Crippen molar-refractivity contribution in [2.45, 2.75) is 38.6 Å². The fourth-order valence-corrected chi connectivity index (χ4v) is 5.68. The molecule has 138 valence electrons. The van der Waals surface area contributed by atoms with Gasteiger partial charge in [-0.3, -0.25) is 4.79 Å². The van der Waals surface area contributed by atoms with Crippen LogP contribution in [0.25, 0.3) is 11.3 Å². The number of carbonyl (C=O) groups is 1. The zero-order chi connectivity index (χ0) is 18.1. The topological polar surface area (TPSA) is 81.1 Å². The minimum atomic E-state index is -2.95. The van der Waals surface area contributed by atoms with Gasteiger partial charge in [0.2, 0.25) is 5.91 Å². The second-order valence-electron chi connectivity index (χ2n) is 7.30. The Labute approximate surface area is 153 Å². The minimum absolute atomic E-state index is 0.0666. The highest BCUT2D eigenvalue weighted by molar-refractivity contribution is 7.91. The lowest BCUT2D eigenvalue weighted by Gasteiger charge is -2.11. The van der Waals surface area contributed by atoms with E-state index in [2.05, 4.69) is 16.1 Å². The average molecular weight is 373 g/mol. The summed E-state index contributed by atoms with van der Waals surface area (Å²) in [5, 5.41) is 2.90. The van der Waals surface area contributed by atoms with Gasteiger partial charge in [-0.1, -0.05) is 12.1 Å². The molecule has 4 rings (SSSR count). The van der Waals surface area contributed by atoms with E-state index in [1.165, 1.54) is 12.8 Å². The zero-order valence-corrected chi connectivity index (χ0v) is 15.5. The van der Waals surface area contributed by atoms with Crippen molar-refractivity contribution in [3.8, 4) is 11.3 Å². The first-order valence-electron chi connectivity index (χ1n) is 9.15. The van der Waals surface area contributed by atoms with Crippen LogP contribution in [0.4, 0.5) is 5.69 Å². The Balaban J connectivity index is 1.44. The molecule has 1 atom stereocenters. The van der Waals surface area contributed by atoms with Crippen molar-refractivity contribution >= 4 is 21.4 Å². The molecule has 1 N–H and O–H groups in total. The number of aryl methyl sites for hydroxylation is 2. The predicted octanol–water partition coefficient (Wildman–Crippen LogP) is 2.65. The highest BCUT2D eigenvalue weighted by atomic mass is 32.2. The molecule has 1 amide bonds. The van der Waals surface area contributed by atoms with Crippen LogP contribution in [0.15, 0.2) is 30.5 Å².